The summed E-state index contributed by atoms with van der Waals surface area (Å²) in [6, 6.07) is 6.63. The highest BCUT2D eigenvalue weighted by Crippen LogP contribution is 2.25. The number of rotatable bonds is 5. The molecule has 17 heavy (non-hydrogen) atoms. The minimum Gasteiger partial charge on any atom is -0.389 e. The Hall–Kier alpha value is -0.610. The van der Waals surface area contributed by atoms with E-state index in [0.717, 1.165) is 23.0 Å². The van der Waals surface area contributed by atoms with Crippen molar-refractivity contribution in [1.29, 1.82) is 0 Å². The Kier molecular flexibility index (Phi) is 5.40. The Morgan fingerprint density at radius 2 is 2.12 bits per heavy atom. The van der Waals surface area contributed by atoms with Crippen LogP contribution < -0.4 is 10.6 Å². The zero-order chi connectivity index (χ0) is 13.0. The summed E-state index contributed by atoms with van der Waals surface area (Å²) in [5, 5.41) is 0. The fourth-order valence-corrected chi connectivity index (χ4v) is 2.70. The van der Waals surface area contributed by atoms with Gasteiger partial charge < -0.3 is 10.6 Å². The molecule has 2 nitrogen and oxygen atoms in total. The summed E-state index contributed by atoms with van der Waals surface area (Å²) in [4.78, 5) is 2.80. The second-order valence-corrected chi connectivity index (χ2v) is 5.61. The van der Waals surface area contributed by atoms with E-state index in [2.05, 4.69) is 53.7 Å². The van der Waals surface area contributed by atoms with Crippen LogP contribution in [0.1, 0.15) is 32.8 Å². The van der Waals surface area contributed by atoms with Crippen molar-refractivity contribution in [2.75, 3.05) is 11.4 Å². The maximum absolute atomic E-state index is 5.65. The van der Waals surface area contributed by atoms with Crippen molar-refractivity contribution in [1.82, 2.24) is 0 Å². The lowest BCUT2D eigenvalue weighted by molar-refractivity contribution is 0.671. The molecule has 0 fully saturated rings. The van der Waals surface area contributed by atoms with E-state index >= 15 is 0 Å². The fraction of sp³-hybridized carbons (Fsp3) is 0.462. The van der Waals surface area contributed by atoms with Gasteiger partial charge in [0.1, 0.15) is 4.99 Å². The first kappa shape index (κ1) is 14.5. The minimum atomic E-state index is 0.426. The Bertz CT molecular complexity index is 404. The van der Waals surface area contributed by atoms with Crippen LogP contribution in [0.5, 0.6) is 0 Å². The summed E-state index contributed by atoms with van der Waals surface area (Å²) in [5.74, 6) is 0. The van der Waals surface area contributed by atoms with Gasteiger partial charge >= 0.3 is 0 Å². The van der Waals surface area contributed by atoms with E-state index < -0.39 is 0 Å². The summed E-state index contributed by atoms with van der Waals surface area (Å²) in [6.45, 7) is 7.64. The molecule has 94 valence electrons. The molecule has 0 radical (unpaired) electrons. The first-order valence-corrected chi connectivity index (χ1v) is 7.03. The lowest BCUT2D eigenvalue weighted by Gasteiger charge is -2.29. The van der Waals surface area contributed by atoms with Gasteiger partial charge in [0.05, 0.1) is 0 Å². The number of thiocarbonyl (C=S) groups is 1. The average molecular weight is 315 g/mol. The number of hydrogen-bond acceptors (Lipinski definition) is 2. The number of benzene rings is 1. The molecule has 0 spiro atoms. The number of nitrogens with zero attached hydrogens (tertiary/aromatic N) is 1. The van der Waals surface area contributed by atoms with E-state index in [1.807, 2.05) is 6.07 Å². The molecule has 0 atom stereocenters. The van der Waals surface area contributed by atoms with Crippen LogP contribution in [0.4, 0.5) is 5.69 Å². The molecule has 0 aliphatic carbocycles. The van der Waals surface area contributed by atoms with E-state index in [1.54, 1.807) is 0 Å². The van der Waals surface area contributed by atoms with Crippen LogP contribution in [0.3, 0.4) is 0 Å². The summed E-state index contributed by atoms with van der Waals surface area (Å²) >= 11 is 8.52. The van der Waals surface area contributed by atoms with Crippen LogP contribution in [0, 0.1) is 0 Å². The molecular formula is C13H19BrN2S. The smallest absolute Gasteiger partial charge is 0.105 e. The van der Waals surface area contributed by atoms with Crippen molar-refractivity contribution >= 4 is 38.8 Å². The van der Waals surface area contributed by atoms with E-state index in [0.29, 0.717) is 11.0 Å². The third-order valence-corrected chi connectivity index (χ3v) is 3.51. The maximum Gasteiger partial charge on any atom is 0.105 e. The van der Waals surface area contributed by atoms with Gasteiger partial charge in [0.15, 0.2) is 0 Å². The first-order valence-electron chi connectivity index (χ1n) is 5.83. The van der Waals surface area contributed by atoms with Crippen molar-refractivity contribution in [2.24, 2.45) is 5.73 Å². The topological polar surface area (TPSA) is 29.3 Å². The van der Waals surface area contributed by atoms with Crippen LogP contribution in [-0.4, -0.2) is 17.6 Å². The first-order chi connectivity index (χ1) is 7.97. The van der Waals surface area contributed by atoms with E-state index in [-0.39, 0.29) is 0 Å². The second-order valence-electron chi connectivity index (χ2n) is 4.32. The highest BCUT2D eigenvalue weighted by molar-refractivity contribution is 9.10. The van der Waals surface area contributed by atoms with Crippen LogP contribution >= 0.6 is 28.1 Å². The Morgan fingerprint density at radius 3 is 2.53 bits per heavy atom. The molecular weight excluding hydrogens is 296 g/mol. The molecule has 1 rings (SSSR count). The van der Waals surface area contributed by atoms with Crippen LogP contribution in [0.15, 0.2) is 22.7 Å². The van der Waals surface area contributed by atoms with E-state index in [4.69, 9.17) is 18.0 Å². The van der Waals surface area contributed by atoms with Crippen molar-refractivity contribution in [3.8, 4) is 0 Å². The maximum atomic E-state index is 5.65. The second kappa shape index (κ2) is 6.36. The third kappa shape index (κ3) is 3.68. The van der Waals surface area contributed by atoms with Gasteiger partial charge in [-0.3, -0.25) is 0 Å². The lowest BCUT2D eigenvalue weighted by Crippen LogP contribution is -2.31. The van der Waals surface area contributed by atoms with Crippen LogP contribution in [-0.2, 0) is 0 Å². The number of halogens is 1. The predicted molar refractivity (Wildman–Crippen MR) is 82.8 cm³/mol. The highest BCUT2D eigenvalue weighted by Gasteiger charge is 2.11. The van der Waals surface area contributed by atoms with Gasteiger partial charge in [0, 0.05) is 28.3 Å². The summed E-state index contributed by atoms with van der Waals surface area (Å²) in [7, 11) is 0. The molecule has 4 heteroatoms. The molecule has 0 aliphatic heterocycles. The van der Waals surface area contributed by atoms with Crippen LogP contribution in [0.25, 0.3) is 0 Å². The quantitative estimate of drug-likeness (QED) is 0.840. The van der Waals surface area contributed by atoms with E-state index in [1.165, 1.54) is 5.69 Å². The molecule has 0 unspecified atom stereocenters. The predicted octanol–water partition coefficient (Wildman–Crippen LogP) is 3.71. The molecule has 2 N–H and O–H groups in total. The largest absolute Gasteiger partial charge is 0.389 e. The minimum absolute atomic E-state index is 0.426. The van der Waals surface area contributed by atoms with E-state index in [9.17, 15) is 0 Å². The monoisotopic (exact) mass is 314 g/mol. The summed E-state index contributed by atoms with van der Waals surface area (Å²) in [6.07, 6.45) is 1.13. The van der Waals surface area contributed by atoms with Crippen molar-refractivity contribution < 1.29 is 0 Å². The van der Waals surface area contributed by atoms with Gasteiger partial charge in [-0.2, -0.15) is 0 Å². The molecule has 0 saturated heterocycles. The summed E-state index contributed by atoms with van der Waals surface area (Å²) < 4.78 is 0.962. The fourth-order valence-electron chi connectivity index (χ4n) is 1.81. The average Bonchev–Trinajstić information content (AvgIpc) is 2.24. The zero-order valence-electron chi connectivity index (χ0n) is 10.5. The lowest BCUT2D eigenvalue weighted by atomic mass is 10.1. The molecule has 0 aliphatic rings. The standard InChI is InChI=1S/C13H19BrN2S/c1-4-7-16(9(2)3)10-5-6-11(13(15)17)12(14)8-10/h5-6,8-9H,4,7H2,1-3H3,(H2,15,17). The zero-order valence-corrected chi connectivity index (χ0v) is 12.9. The number of anilines is 1. The van der Waals surface area contributed by atoms with Gasteiger partial charge in [-0.15, -0.1) is 0 Å². The van der Waals surface area contributed by atoms with Crippen molar-refractivity contribution in [3.63, 3.8) is 0 Å². The van der Waals surface area contributed by atoms with Gasteiger partial charge in [-0.05, 0) is 54.4 Å². The molecule has 1 aromatic rings. The number of hydrogen-bond donors (Lipinski definition) is 1. The SMILES string of the molecule is CCCN(c1ccc(C(N)=S)c(Br)c1)C(C)C. The normalized spacial score (nSPS) is 10.6. The highest BCUT2D eigenvalue weighted by atomic mass is 79.9. The Morgan fingerprint density at radius 1 is 1.47 bits per heavy atom. The van der Waals surface area contributed by atoms with Crippen molar-refractivity contribution in [2.45, 2.75) is 33.2 Å². The Labute approximate surface area is 117 Å². The van der Waals surface area contributed by atoms with Gasteiger partial charge in [0.2, 0.25) is 0 Å². The third-order valence-electron chi connectivity index (χ3n) is 2.64. The molecule has 0 heterocycles. The van der Waals surface area contributed by atoms with Gasteiger partial charge in [-0.25, -0.2) is 0 Å². The molecule has 0 aromatic heterocycles. The van der Waals surface area contributed by atoms with Gasteiger partial charge in [-0.1, -0.05) is 19.1 Å². The molecule has 0 bridgehead atoms. The van der Waals surface area contributed by atoms with Crippen LogP contribution in [0.2, 0.25) is 0 Å². The number of nitrogens with two attached hydrogens (primary N) is 1. The summed E-state index contributed by atoms with van der Waals surface area (Å²) in [5.41, 5.74) is 7.74. The molecule has 1 aromatic carbocycles. The van der Waals surface area contributed by atoms with Crippen molar-refractivity contribution in [3.05, 3.63) is 28.2 Å². The van der Waals surface area contributed by atoms with Gasteiger partial charge in [0.25, 0.3) is 0 Å². The molecule has 0 saturated carbocycles. The Balaban J connectivity index is 3.06. The molecule has 0 amide bonds.